The highest BCUT2D eigenvalue weighted by molar-refractivity contribution is 14.0. The van der Waals surface area contributed by atoms with Gasteiger partial charge >= 0.3 is 6.09 Å². The summed E-state index contributed by atoms with van der Waals surface area (Å²) in [5.74, 6) is 1.12. The summed E-state index contributed by atoms with van der Waals surface area (Å²) in [4.78, 5) is 25.6. The zero-order valence-electron chi connectivity index (χ0n) is 19.1. The van der Waals surface area contributed by atoms with Crippen molar-refractivity contribution in [3.8, 4) is 0 Å². The topological polar surface area (TPSA) is 77.6 Å². The van der Waals surface area contributed by atoms with Crippen molar-refractivity contribution in [2.45, 2.75) is 46.3 Å². The number of nitrogens with zero attached hydrogens (tertiary/aromatic N) is 5. The van der Waals surface area contributed by atoms with Crippen LogP contribution in [0, 0.1) is 5.92 Å². The monoisotopic (exact) mass is 524 g/mol. The maximum Gasteiger partial charge on any atom is 0.410 e. The Morgan fingerprint density at radius 2 is 1.52 bits per heavy atom. The minimum Gasteiger partial charge on any atom is -0.444 e. The number of hydrogen-bond donors (Lipinski definition) is 1. The van der Waals surface area contributed by atoms with Gasteiger partial charge in [-0.25, -0.2) is 4.79 Å². The summed E-state index contributed by atoms with van der Waals surface area (Å²) in [6.07, 6.45) is -0.252. The summed E-state index contributed by atoms with van der Waals surface area (Å²) in [6, 6.07) is 0.412. The molecular formula is C20H41IN6O2. The molecule has 2 heterocycles. The highest BCUT2D eigenvalue weighted by atomic mass is 127. The van der Waals surface area contributed by atoms with Crippen LogP contribution in [0.2, 0.25) is 0 Å². The zero-order valence-corrected chi connectivity index (χ0v) is 21.4. The van der Waals surface area contributed by atoms with Crippen LogP contribution in [0.5, 0.6) is 0 Å². The fourth-order valence-electron chi connectivity index (χ4n) is 3.63. The second-order valence-electron chi connectivity index (χ2n) is 9.30. The van der Waals surface area contributed by atoms with Crippen molar-refractivity contribution in [2.75, 3.05) is 66.0 Å². The highest BCUT2D eigenvalue weighted by Gasteiger charge is 2.28. The second-order valence-corrected chi connectivity index (χ2v) is 9.30. The molecule has 0 saturated carbocycles. The number of piperazine rings is 2. The fraction of sp³-hybridized carbons (Fsp3) is 0.900. The predicted octanol–water partition coefficient (Wildman–Crippen LogP) is 1.74. The van der Waals surface area contributed by atoms with Crippen LogP contribution in [-0.2, 0) is 4.74 Å². The van der Waals surface area contributed by atoms with Crippen molar-refractivity contribution in [3.05, 3.63) is 0 Å². The van der Waals surface area contributed by atoms with Crippen molar-refractivity contribution < 1.29 is 9.53 Å². The van der Waals surface area contributed by atoms with Gasteiger partial charge in [-0.15, -0.1) is 24.0 Å². The molecule has 2 fully saturated rings. The molecule has 0 aliphatic carbocycles. The first kappa shape index (κ1) is 26.2. The highest BCUT2D eigenvalue weighted by Crippen LogP contribution is 2.15. The van der Waals surface area contributed by atoms with E-state index >= 15 is 0 Å². The quantitative estimate of drug-likeness (QED) is 0.343. The first-order valence-electron chi connectivity index (χ1n) is 10.5. The molecule has 1 atom stereocenters. The number of rotatable bonds is 4. The average Bonchev–Trinajstić information content (AvgIpc) is 2.61. The summed E-state index contributed by atoms with van der Waals surface area (Å²) in [5, 5.41) is 0. The van der Waals surface area contributed by atoms with E-state index in [2.05, 4.69) is 35.6 Å². The van der Waals surface area contributed by atoms with Crippen molar-refractivity contribution in [2.24, 2.45) is 16.6 Å². The molecule has 170 valence electrons. The maximum atomic E-state index is 12.2. The molecule has 9 heteroatoms. The van der Waals surface area contributed by atoms with E-state index in [-0.39, 0.29) is 30.1 Å². The Hall–Kier alpha value is -0.810. The Labute approximate surface area is 193 Å². The lowest BCUT2D eigenvalue weighted by atomic mass is 10.0. The van der Waals surface area contributed by atoms with Crippen LogP contribution in [0.25, 0.3) is 0 Å². The smallest absolute Gasteiger partial charge is 0.410 e. The molecule has 2 aliphatic rings. The number of guanidine groups is 1. The Bertz CT molecular complexity index is 536. The molecule has 8 nitrogen and oxygen atoms in total. The number of amides is 1. The molecule has 1 unspecified atom stereocenters. The fourth-order valence-corrected chi connectivity index (χ4v) is 3.63. The van der Waals surface area contributed by atoms with Gasteiger partial charge in [0.05, 0.1) is 6.54 Å². The van der Waals surface area contributed by atoms with Gasteiger partial charge in [-0.05, 0) is 33.7 Å². The first-order valence-corrected chi connectivity index (χ1v) is 10.5. The number of aliphatic imine (C=N–C) groups is 1. The minimum atomic E-state index is -0.468. The molecule has 2 rings (SSSR count). The van der Waals surface area contributed by atoms with Gasteiger partial charge in [0.25, 0.3) is 0 Å². The summed E-state index contributed by atoms with van der Waals surface area (Å²) < 4.78 is 5.45. The molecule has 0 spiro atoms. The standard InChI is InChI=1S/C20H40N6O2.HI/c1-16(2)17(24-9-7-23(6)8-10-24)15-22-18(21)25-11-13-26(14-12-25)19(27)28-20(3,4)5;/h16-17H,7-15H2,1-6H3,(H2,21,22);1H. The Morgan fingerprint density at radius 3 is 2.00 bits per heavy atom. The van der Waals surface area contributed by atoms with E-state index < -0.39 is 5.60 Å². The van der Waals surface area contributed by atoms with Crippen LogP contribution in [-0.4, -0.2) is 109 Å². The number of carbonyl (C=O) groups excluding carboxylic acids is 1. The molecular weight excluding hydrogens is 483 g/mol. The summed E-state index contributed by atoms with van der Waals surface area (Å²) in [5.41, 5.74) is 5.82. The molecule has 0 radical (unpaired) electrons. The minimum absolute atomic E-state index is 0. The van der Waals surface area contributed by atoms with Crippen LogP contribution < -0.4 is 5.73 Å². The van der Waals surface area contributed by atoms with Gasteiger partial charge in [0.15, 0.2) is 5.96 Å². The SMILES string of the molecule is CC(C)C(CN=C(N)N1CCN(C(=O)OC(C)(C)C)CC1)N1CCN(C)CC1.I. The lowest BCUT2D eigenvalue weighted by molar-refractivity contribution is 0.0186. The predicted molar refractivity (Wildman–Crippen MR) is 129 cm³/mol. The molecule has 29 heavy (non-hydrogen) atoms. The van der Waals surface area contributed by atoms with Gasteiger partial charge in [-0.1, -0.05) is 13.8 Å². The van der Waals surface area contributed by atoms with Crippen LogP contribution in [0.4, 0.5) is 4.79 Å². The van der Waals surface area contributed by atoms with Gasteiger partial charge in [0, 0.05) is 58.4 Å². The van der Waals surface area contributed by atoms with Gasteiger partial charge < -0.3 is 25.2 Å². The number of nitrogens with two attached hydrogens (primary N) is 1. The third kappa shape index (κ3) is 8.45. The molecule has 0 aromatic heterocycles. The number of ether oxygens (including phenoxy) is 1. The van der Waals surface area contributed by atoms with Crippen molar-refractivity contribution in [1.82, 2.24) is 19.6 Å². The van der Waals surface area contributed by atoms with Gasteiger partial charge in [0.1, 0.15) is 5.60 Å². The van der Waals surface area contributed by atoms with Crippen LogP contribution >= 0.6 is 24.0 Å². The van der Waals surface area contributed by atoms with Crippen molar-refractivity contribution in [3.63, 3.8) is 0 Å². The third-order valence-electron chi connectivity index (χ3n) is 5.47. The van der Waals surface area contributed by atoms with E-state index in [4.69, 9.17) is 15.5 Å². The van der Waals surface area contributed by atoms with E-state index in [1.165, 1.54) is 0 Å². The molecule has 0 aromatic carbocycles. The molecule has 2 aliphatic heterocycles. The van der Waals surface area contributed by atoms with Crippen molar-refractivity contribution in [1.29, 1.82) is 0 Å². The number of carbonyl (C=O) groups is 1. The Kier molecular flexibility index (Phi) is 10.4. The van der Waals surface area contributed by atoms with E-state index in [9.17, 15) is 4.79 Å². The summed E-state index contributed by atoms with van der Waals surface area (Å²) >= 11 is 0. The molecule has 2 N–H and O–H groups in total. The van der Waals surface area contributed by atoms with E-state index in [1.807, 2.05) is 20.8 Å². The van der Waals surface area contributed by atoms with Gasteiger partial charge in [-0.2, -0.15) is 0 Å². The average molecular weight is 524 g/mol. The van der Waals surface area contributed by atoms with Crippen LogP contribution in [0.15, 0.2) is 4.99 Å². The second kappa shape index (κ2) is 11.5. The largest absolute Gasteiger partial charge is 0.444 e. The van der Waals surface area contributed by atoms with E-state index in [1.54, 1.807) is 4.90 Å². The lowest BCUT2D eigenvalue weighted by Gasteiger charge is -2.39. The lowest BCUT2D eigenvalue weighted by Crippen LogP contribution is -2.54. The third-order valence-corrected chi connectivity index (χ3v) is 5.47. The first-order chi connectivity index (χ1) is 13.1. The summed E-state index contributed by atoms with van der Waals surface area (Å²) in [6.45, 7) is 17.9. The Balaban J connectivity index is 0.00000420. The van der Waals surface area contributed by atoms with Crippen LogP contribution in [0.1, 0.15) is 34.6 Å². The van der Waals surface area contributed by atoms with Gasteiger partial charge in [0.2, 0.25) is 0 Å². The number of halogens is 1. The van der Waals surface area contributed by atoms with Gasteiger partial charge in [-0.3, -0.25) is 9.89 Å². The van der Waals surface area contributed by atoms with E-state index in [0.717, 1.165) is 32.7 Å². The zero-order chi connectivity index (χ0) is 20.9. The molecule has 1 amide bonds. The molecule has 0 aromatic rings. The van der Waals surface area contributed by atoms with Crippen molar-refractivity contribution >= 4 is 36.0 Å². The molecule has 2 saturated heterocycles. The normalized spacial score (nSPS) is 21.1. The van der Waals surface area contributed by atoms with E-state index in [0.29, 0.717) is 44.1 Å². The number of likely N-dealkylation sites (N-methyl/N-ethyl adjacent to an activating group) is 1. The Morgan fingerprint density at radius 1 is 1.00 bits per heavy atom. The molecule has 0 bridgehead atoms. The number of hydrogen-bond acceptors (Lipinski definition) is 5. The summed E-state index contributed by atoms with van der Waals surface area (Å²) in [7, 11) is 2.18. The maximum absolute atomic E-state index is 12.2. The van der Waals surface area contributed by atoms with Crippen LogP contribution in [0.3, 0.4) is 0 Å².